The lowest BCUT2D eigenvalue weighted by molar-refractivity contribution is -0.143. The van der Waals surface area contributed by atoms with E-state index < -0.39 is 5.97 Å². The molecule has 6 nitrogen and oxygen atoms in total. The Bertz CT molecular complexity index is 744. The van der Waals surface area contributed by atoms with Gasteiger partial charge in [0.2, 0.25) is 0 Å². The van der Waals surface area contributed by atoms with Crippen LogP contribution in [0, 0.1) is 12.8 Å². The number of carboxylic acid groups (broad SMARTS) is 1. The monoisotopic (exact) mass is 343 g/mol. The lowest BCUT2D eigenvalue weighted by atomic mass is 9.97. The highest BCUT2D eigenvalue weighted by Gasteiger charge is 2.29. The third kappa shape index (κ3) is 4.02. The molecule has 2 aromatic rings. The normalized spacial score (nSPS) is 15.2. The summed E-state index contributed by atoms with van der Waals surface area (Å²) in [6.07, 6.45) is 0.954. The van der Waals surface area contributed by atoms with Gasteiger partial charge in [0.15, 0.2) is 5.76 Å². The third-order valence-corrected chi connectivity index (χ3v) is 4.50. The van der Waals surface area contributed by atoms with Crippen molar-refractivity contribution < 1.29 is 23.8 Å². The predicted octanol–water partition coefficient (Wildman–Crippen LogP) is 3.10. The molecule has 132 valence electrons. The van der Waals surface area contributed by atoms with Crippen molar-refractivity contribution in [2.75, 3.05) is 13.1 Å². The molecule has 3 rings (SSSR count). The van der Waals surface area contributed by atoms with Crippen molar-refractivity contribution in [2.24, 2.45) is 5.92 Å². The minimum absolute atomic E-state index is 0.196. The van der Waals surface area contributed by atoms with E-state index in [4.69, 9.17) is 14.3 Å². The Morgan fingerprint density at radius 2 is 1.92 bits per heavy atom. The molecule has 25 heavy (non-hydrogen) atoms. The van der Waals surface area contributed by atoms with Crippen molar-refractivity contribution in [2.45, 2.75) is 26.4 Å². The first-order valence-corrected chi connectivity index (χ1v) is 8.34. The van der Waals surface area contributed by atoms with Crippen LogP contribution >= 0.6 is 0 Å². The van der Waals surface area contributed by atoms with Crippen LogP contribution in [0.2, 0.25) is 0 Å². The molecular weight excluding hydrogens is 322 g/mol. The summed E-state index contributed by atoms with van der Waals surface area (Å²) in [4.78, 5) is 25.2. The summed E-state index contributed by atoms with van der Waals surface area (Å²) in [6, 6.07) is 11.2. The van der Waals surface area contributed by atoms with Crippen LogP contribution in [0.15, 0.2) is 40.8 Å². The Hall–Kier alpha value is -2.76. The molecule has 1 saturated heterocycles. The smallest absolute Gasteiger partial charge is 0.306 e. The second-order valence-electron chi connectivity index (χ2n) is 6.20. The largest absolute Gasteiger partial charge is 0.489 e. The molecule has 0 spiro atoms. The molecule has 0 bridgehead atoms. The van der Waals surface area contributed by atoms with Crippen LogP contribution in [0.1, 0.15) is 34.7 Å². The SMILES string of the molecule is Cc1oc(C(=O)N2CCC(C(=O)O)CC2)cc1COc1ccccc1. The Morgan fingerprint density at radius 1 is 1.24 bits per heavy atom. The average molecular weight is 343 g/mol. The van der Waals surface area contributed by atoms with Crippen molar-refractivity contribution in [3.05, 3.63) is 53.5 Å². The number of benzene rings is 1. The zero-order valence-electron chi connectivity index (χ0n) is 14.1. The van der Waals surface area contributed by atoms with Gasteiger partial charge >= 0.3 is 5.97 Å². The lowest BCUT2D eigenvalue weighted by Crippen LogP contribution is -2.40. The number of ether oxygens (including phenoxy) is 1. The molecule has 1 aliphatic rings. The number of carbonyl (C=O) groups is 2. The summed E-state index contributed by atoms with van der Waals surface area (Å²) < 4.78 is 11.3. The Morgan fingerprint density at radius 3 is 2.56 bits per heavy atom. The summed E-state index contributed by atoms with van der Waals surface area (Å²) in [6.45, 7) is 3.00. The van der Waals surface area contributed by atoms with Crippen LogP contribution in [0.4, 0.5) is 0 Å². The summed E-state index contributed by atoms with van der Waals surface area (Å²) in [5.41, 5.74) is 0.827. The summed E-state index contributed by atoms with van der Waals surface area (Å²) in [5.74, 6) is 0.334. The van der Waals surface area contributed by atoms with E-state index in [0.29, 0.717) is 38.3 Å². The summed E-state index contributed by atoms with van der Waals surface area (Å²) >= 11 is 0. The number of carboxylic acids is 1. The number of piperidine rings is 1. The van der Waals surface area contributed by atoms with E-state index in [1.54, 1.807) is 17.9 Å². The molecular formula is C19H21NO5. The first-order chi connectivity index (χ1) is 12.0. The molecule has 0 radical (unpaired) electrons. The van der Waals surface area contributed by atoms with Gasteiger partial charge in [-0.15, -0.1) is 0 Å². The fourth-order valence-electron chi connectivity index (χ4n) is 2.93. The number of furan rings is 1. The molecule has 0 saturated carbocycles. The standard InChI is InChI=1S/C19H21NO5/c1-13-15(12-24-16-5-3-2-4-6-16)11-17(25-13)18(21)20-9-7-14(8-10-20)19(22)23/h2-6,11,14H,7-10,12H2,1H3,(H,22,23). The minimum Gasteiger partial charge on any atom is -0.489 e. The van der Waals surface area contributed by atoms with E-state index in [2.05, 4.69) is 0 Å². The van der Waals surface area contributed by atoms with Gasteiger partial charge in [0.05, 0.1) is 5.92 Å². The molecule has 0 unspecified atom stereocenters. The van der Waals surface area contributed by atoms with E-state index in [1.807, 2.05) is 30.3 Å². The fraction of sp³-hybridized carbons (Fsp3) is 0.368. The minimum atomic E-state index is -0.790. The maximum atomic E-state index is 12.6. The number of hydrogen-bond donors (Lipinski definition) is 1. The number of likely N-dealkylation sites (tertiary alicyclic amines) is 1. The highest BCUT2D eigenvalue weighted by Crippen LogP contribution is 2.22. The molecule has 1 aromatic heterocycles. The Kier molecular flexibility index (Phi) is 5.07. The van der Waals surface area contributed by atoms with Gasteiger partial charge in [-0.25, -0.2) is 0 Å². The quantitative estimate of drug-likeness (QED) is 0.902. The first-order valence-electron chi connectivity index (χ1n) is 8.34. The van der Waals surface area contributed by atoms with Gasteiger partial charge in [0, 0.05) is 18.7 Å². The molecule has 0 atom stereocenters. The van der Waals surface area contributed by atoms with Gasteiger partial charge in [0.25, 0.3) is 5.91 Å². The number of rotatable bonds is 5. The summed E-state index contributed by atoms with van der Waals surface area (Å²) in [5, 5.41) is 9.04. The second-order valence-corrected chi connectivity index (χ2v) is 6.20. The predicted molar refractivity (Wildman–Crippen MR) is 90.5 cm³/mol. The van der Waals surface area contributed by atoms with Gasteiger partial charge in [-0.2, -0.15) is 0 Å². The van der Waals surface area contributed by atoms with Crippen molar-refractivity contribution in [1.82, 2.24) is 4.90 Å². The topological polar surface area (TPSA) is 80.0 Å². The van der Waals surface area contributed by atoms with Crippen molar-refractivity contribution in [1.29, 1.82) is 0 Å². The average Bonchev–Trinajstić information content (AvgIpc) is 3.01. The van der Waals surface area contributed by atoms with Crippen molar-refractivity contribution >= 4 is 11.9 Å². The first kappa shape index (κ1) is 17.1. The van der Waals surface area contributed by atoms with E-state index >= 15 is 0 Å². The van der Waals surface area contributed by atoms with Gasteiger partial charge < -0.3 is 19.2 Å². The Labute approximate surface area is 146 Å². The number of amides is 1. The van der Waals surface area contributed by atoms with Crippen molar-refractivity contribution in [3.63, 3.8) is 0 Å². The number of aliphatic carboxylic acids is 1. The highest BCUT2D eigenvalue weighted by atomic mass is 16.5. The van der Waals surface area contributed by atoms with Crippen molar-refractivity contribution in [3.8, 4) is 5.75 Å². The summed E-state index contributed by atoms with van der Waals surface area (Å²) in [7, 11) is 0. The number of carbonyl (C=O) groups excluding carboxylic acids is 1. The zero-order chi connectivity index (χ0) is 17.8. The van der Waals surface area contributed by atoms with Crippen LogP contribution in [0.5, 0.6) is 5.75 Å². The van der Waals surface area contributed by atoms with Gasteiger partial charge in [0.1, 0.15) is 18.1 Å². The number of aryl methyl sites for hydroxylation is 1. The van der Waals surface area contributed by atoms with Crippen LogP contribution in [-0.2, 0) is 11.4 Å². The number of hydrogen-bond acceptors (Lipinski definition) is 4. The van der Waals surface area contributed by atoms with E-state index in [9.17, 15) is 9.59 Å². The fourth-order valence-corrected chi connectivity index (χ4v) is 2.93. The molecule has 1 N–H and O–H groups in total. The lowest BCUT2D eigenvalue weighted by Gasteiger charge is -2.29. The molecule has 1 amide bonds. The van der Waals surface area contributed by atoms with Crippen LogP contribution in [-0.4, -0.2) is 35.0 Å². The molecule has 0 aliphatic carbocycles. The van der Waals surface area contributed by atoms with Gasteiger partial charge in [-0.3, -0.25) is 9.59 Å². The maximum Gasteiger partial charge on any atom is 0.306 e. The molecule has 1 aliphatic heterocycles. The van der Waals surface area contributed by atoms with E-state index in [-0.39, 0.29) is 17.6 Å². The third-order valence-electron chi connectivity index (χ3n) is 4.50. The highest BCUT2D eigenvalue weighted by molar-refractivity contribution is 5.92. The molecule has 1 aromatic carbocycles. The second kappa shape index (κ2) is 7.42. The van der Waals surface area contributed by atoms with Crippen LogP contribution in [0.25, 0.3) is 0 Å². The number of para-hydroxylation sites is 1. The van der Waals surface area contributed by atoms with Gasteiger partial charge in [-0.05, 0) is 38.0 Å². The maximum absolute atomic E-state index is 12.6. The van der Waals surface area contributed by atoms with E-state index in [0.717, 1.165) is 11.3 Å². The van der Waals surface area contributed by atoms with Crippen LogP contribution in [0.3, 0.4) is 0 Å². The molecule has 1 fully saturated rings. The Balaban J connectivity index is 1.61. The molecule has 6 heteroatoms. The van der Waals surface area contributed by atoms with Crippen LogP contribution < -0.4 is 4.74 Å². The zero-order valence-corrected chi connectivity index (χ0v) is 14.1. The molecule has 2 heterocycles. The number of nitrogens with zero attached hydrogens (tertiary/aromatic N) is 1. The van der Waals surface area contributed by atoms with E-state index in [1.165, 1.54) is 0 Å². The van der Waals surface area contributed by atoms with Gasteiger partial charge in [-0.1, -0.05) is 18.2 Å².